The van der Waals surface area contributed by atoms with Gasteiger partial charge in [0.1, 0.15) is 5.69 Å². The summed E-state index contributed by atoms with van der Waals surface area (Å²) in [6.45, 7) is 3.30. The first-order valence-corrected chi connectivity index (χ1v) is 7.30. The third-order valence-corrected chi connectivity index (χ3v) is 4.47. The Hall–Kier alpha value is -2.07. The molecule has 4 nitrogen and oxygen atoms in total. The number of nitrogens with two attached hydrogens (primary N) is 1. The topological polar surface area (TPSA) is 51.3 Å². The van der Waals surface area contributed by atoms with Crippen LogP contribution >= 0.6 is 0 Å². The molecule has 0 spiro atoms. The normalized spacial score (nSPS) is 21.8. The Balaban J connectivity index is 1.80. The van der Waals surface area contributed by atoms with E-state index in [9.17, 15) is 4.79 Å². The zero-order valence-corrected chi connectivity index (χ0v) is 12.5. The summed E-state index contributed by atoms with van der Waals surface area (Å²) in [6.07, 6.45) is 0. The van der Waals surface area contributed by atoms with Crippen LogP contribution in [-0.2, 0) is 7.05 Å². The standard InChI is InChI=1S/C17H21N3O/c1-12-8-9-16(19(12)2)17(21)20-10-14(15(18)11-20)13-6-4-3-5-7-13/h3-9,14-15H,10-11,18H2,1-2H3/t14-,15+/m0/s1. The minimum Gasteiger partial charge on any atom is -0.344 e. The fraction of sp³-hybridized carbons (Fsp3) is 0.353. The number of amides is 1. The molecule has 0 aliphatic carbocycles. The van der Waals surface area contributed by atoms with E-state index in [1.807, 2.05) is 53.8 Å². The van der Waals surface area contributed by atoms with Crippen molar-refractivity contribution in [3.63, 3.8) is 0 Å². The average Bonchev–Trinajstić information content (AvgIpc) is 3.04. The van der Waals surface area contributed by atoms with Crippen LogP contribution in [0, 0.1) is 6.92 Å². The summed E-state index contributed by atoms with van der Waals surface area (Å²) < 4.78 is 1.93. The summed E-state index contributed by atoms with van der Waals surface area (Å²) in [5.41, 5.74) is 9.29. The highest BCUT2D eigenvalue weighted by molar-refractivity contribution is 5.93. The molecule has 0 radical (unpaired) electrons. The Kier molecular flexibility index (Phi) is 3.55. The fourth-order valence-electron chi connectivity index (χ4n) is 3.04. The summed E-state index contributed by atoms with van der Waals surface area (Å²) in [5.74, 6) is 0.288. The van der Waals surface area contributed by atoms with Gasteiger partial charge in [0.25, 0.3) is 5.91 Å². The molecular formula is C17H21N3O. The summed E-state index contributed by atoms with van der Waals surface area (Å²) in [4.78, 5) is 14.5. The molecule has 4 heteroatoms. The van der Waals surface area contributed by atoms with Gasteiger partial charge in [0.15, 0.2) is 0 Å². The number of hydrogen-bond acceptors (Lipinski definition) is 2. The van der Waals surface area contributed by atoms with Gasteiger partial charge in [0, 0.05) is 37.8 Å². The zero-order valence-electron chi connectivity index (χ0n) is 12.5. The molecule has 2 N–H and O–H groups in total. The third kappa shape index (κ3) is 2.47. The highest BCUT2D eigenvalue weighted by atomic mass is 16.2. The molecule has 2 heterocycles. The lowest BCUT2D eigenvalue weighted by atomic mass is 9.95. The van der Waals surface area contributed by atoms with Crippen LogP contribution in [0.25, 0.3) is 0 Å². The molecule has 21 heavy (non-hydrogen) atoms. The van der Waals surface area contributed by atoms with Crippen LogP contribution in [0.15, 0.2) is 42.5 Å². The number of carbonyl (C=O) groups is 1. The van der Waals surface area contributed by atoms with Gasteiger partial charge < -0.3 is 15.2 Å². The molecule has 0 bridgehead atoms. The van der Waals surface area contributed by atoms with Gasteiger partial charge in [-0.25, -0.2) is 0 Å². The number of aryl methyl sites for hydroxylation is 1. The molecule has 1 aliphatic heterocycles. The van der Waals surface area contributed by atoms with E-state index in [0.29, 0.717) is 13.1 Å². The molecular weight excluding hydrogens is 262 g/mol. The van der Waals surface area contributed by atoms with E-state index in [0.717, 1.165) is 11.4 Å². The van der Waals surface area contributed by atoms with E-state index in [2.05, 4.69) is 12.1 Å². The first kappa shape index (κ1) is 13.9. The predicted octanol–water partition coefficient (Wildman–Crippen LogP) is 1.90. The highest BCUT2D eigenvalue weighted by Gasteiger charge is 2.34. The Labute approximate surface area is 125 Å². The Morgan fingerprint density at radius 1 is 1.14 bits per heavy atom. The van der Waals surface area contributed by atoms with Gasteiger partial charge in [-0.1, -0.05) is 30.3 Å². The molecule has 2 aromatic rings. The molecule has 1 saturated heterocycles. The largest absolute Gasteiger partial charge is 0.344 e. The van der Waals surface area contributed by atoms with Crippen molar-refractivity contribution in [2.75, 3.05) is 13.1 Å². The van der Waals surface area contributed by atoms with Gasteiger partial charge in [0.05, 0.1) is 0 Å². The number of nitrogens with zero attached hydrogens (tertiary/aromatic N) is 2. The Bertz CT molecular complexity index is 647. The summed E-state index contributed by atoms with van der Waals surface area (Å²) >= 11 is 0. The van der Waals surface area contributed by atoms with Gasteiger partial charge >= 0.3 is 0 Å². The van der Waals surface area contributed by atoms with Crippen LogP contribution in [-0.4, -0.2) is 34.5 Å². The van der Waals surface area contributed by atoms with E-state index < -0.39 is 0 Å². The quantitative estimate of drug-likeness (QED) is 0.915. The van der Waals surface area contributed by atoms with Crippen molar-refractivity contribution in [1.82, 2.24) is 9.47 Å². The number of rotatable bonds is 2. The van der Waals surface area contributed by atoms with Crippen molar-refractivity contribution in [1.29, 1.82) is 0 Å². The average molecular weight is 283 g/mol. The molecule has 2 atom stereocenters. The second-order valence-electron chi connectivity index (χ2n) is 5.81. The smallest absolute Gasteiger partial charge is 0.270 e. The van der Waals surface area contributed by atoms with E-state index in [-0.39, 0.29) is 17.9 Å². The molecule has 0 saturated carbocycles. The van der Waals surface area contributed by atoms with Crippen molar-refractivity contribution in [3.8, 4) is 0 Å². The lowest BCUT2D eigenvalue weighted by Gasteiger charge is -2.17. The van der Waals surface area contributed by atoms with Crippen molar-refractivity contribution in [3.05, 3.63) is 59.4 Å². The van der Waals surface area contributed by atoms with Crippen molar-refractivity contribution in [2.45, 2.75) is 18.9 Å². The maximum absolute atomic E-state index is 12.7. The van der Waals surface area contributed by atoms with E-state index >= 15 is 0 Å². The van der Waals surface area contributed by atoms with Crippen LogP contribution in [0.1, 0.15) is 27.7 Å². The number of likely N-dealkylation sites (tertiary alicyclic amines) is 1. The molecule has 1 amide bonds. The SMILES string of the molecule is Cc1ccc(C(=O)N2C[C@@H](N)[C@H](c3ccccc3)C2)n1C. The highest BCUT2D eigenvalue weighted by Crippen LogP contribution is 2.27. The number of aromatic nitrogens is 1. The zero-order chi connectivity index (χ0) is 15.0. The molecule has 1 aromatic heterocycles. The lowest BCUT2D eigenvalue weighted by molar-refractivity contribution is 0.0779. The van der Waals surface area contributed by atoms with Crippen molar-refractivity contribution < 1.29 is 4.79 Å². The summed E-state index contributed by atoms with van der Waals surface area (Å²) in [7, 11) is 1.92. The monoisotopic (exact) mass is 283 g/mol. The summed E-state index contributed by atoms with van der Waals surface area (Å²) in [6, 6.07) is 14.1. The van der Waals surface area contributed by atoms with Gasteiger partial charge in [-0.15, -0.1) is 0 Å². The molecule has 1 aliphatic rings. The van der Waals surface area contributed by atoms with Crippen LogP contribution in [0.3, 0.4) is 0 Å². The molecule has 110 valence electrons. The molecule has 0 unspecified atom stereocenters. The number of hydrogen-bond donors (Lipinski definition) is 1. The van der Waals surface area contributed by atoms with Gasteiger partial charge in [0.2, 0.25) is 0 Å². The predicted molar refractivity (Wildman–Crippen MR) is 83.2 cm³/mol. The molecule has 1 fully saturated rings. The van der Waals surface area contributed by atoms with Crippen LogP contribution in [0.5, 0.6) is 0 Å². The van der Waals surface area contributed by atoms with E-state index in [4.69, 9.17) is 5.73 Å². The van der Waals surface area contributed by atoms with Gasteiger partial charge in [-0.05, 0) is 24.6 Å². The van der Waals surface area contributed by atoms with Gasteiger partial charge in [-0.2, -0.15) is 0 Å². The number of carbonyl (C=O) groups excluding carboxylic acids is 1. The molecule has 1 aromatic carbocycles. The number of benzene rings is 1. The van der Waals surface area contributed by atoms with E-state index in [1.54, 1.807) is 0 Å². The van der Waals surface area contributed by atoms with E-state index in [1.165, 1.54) is 5.56 Å². The first-order valence-electron chi connectivity index (χ1n) is 7.30. The second-order valence-corrected chi connectivity index (χ2v) is 5.81. The first-order chi connectivity index (χ1) is 10.1. The lowest BCUT2D eigenvalue weighted by Crippen LogP contribution is -2.33. The minimum atomic E-state index is -0.00212. The Morgan fingerprint density at radius 3 is 2.48 bits per heavy atom. The van der Waals surface area contributed by atoms with Crippen LogP contribution in [0.4, 0.5) is 0 Å². The van der Waals surface area contributed by atoms with Crippen molar-refractivity contribution >= 4 is 5.91 Å². The van der Waals surface area contributed by atoms with Crippen LogP contribution in [0.2, 0.25) is 0 Å². The van der Waals surface area contributed by atoms with Crippen LogP contribution < -0.4 is 5.73 Å². The summed E-state index contributed by atoms with van der Waals surface area (Å²) in [5, 5.41) is 0. The van der Waals surface area contributed by atoms with Gasteiger partial charge in [-0.3, -0.25) is 4.79 Å². The maximum atomic E-state index is 12.7. The van der Waals surface area contributed by atoms with Crippen molar-refractivity contribution in [2.24, 2.45) is 12.8 Å². The fourth-order valence-corrected chi connectivity index (χ4v) is 3.04. The maximum Gasteiger partial charge on any atom is 0.270 e. The minimum absolute atomic E-state index is 0.00212. The molecule has 3 rings (SSSR count). The second kappa shape index (κ2) is 5.37. The third-order valence-electron chi connectivity index (χ3n) is 4.47. The Morgan fingerprint density at radius 2 is 1.86 bits per heavy atom.